The van der Waals surface area contributed by atoms with Gasteiger partial charge in [0.05, 0.1) is 0 Å². The first-order valence-electron chi connectivity index (χ1n) is 10.5. The Morgan fingerprint density at radius 3 is 2.03 bits per heavy atom. The monoisotopic (exact) mass is 396 g/mol. The van der Waals surface area contributed by atoms with Crippen molar-refractivity contribution < 1.29 is 13.2 Å². The second-order valence-corrected chi connectivity index (χ2v) is 8.61. The number of allylic oxidation sites excluding steroid dienone is 4. The summed E-state index contributed by atoms with van der Waals surface area (Å²) in [7, 11) is 0. The van der Waals surface area contributed by atoms with Crippen molar-refractivity contribution in [3.8, 4) is 11.1 Å². The van der Waals surface area contributed by atoms with Gasteiger partial charge >= 0.3 is 0 Å². The van der Waals surface area contributed by atoms with Gasteiger partial charge in [-0.1, -0.05) is 68.3 Å². The molecule has 0 N–H and O–H groups in total. The molecule has 0 radical (unpaired) electrons. The highest BCUT2D eigenvalue weighted by Gasteiger charge is 2.29. The quantitative estimate of drug-likeness (QED) is 0.496. The Kier molecular flexibility index (Phi) is 5.67. The molecule has 1 saturated carbocycles. The molecule has 2 aliphatic rings. The fourth-order valence-corrected chi connectivity index (χ4v) is 4.51. The van der Waals surface area contributed by atoms with Gasteiger partial charge in [-0.2, -0.15) is 0 Å². The van der Waals surface area contributed by atoms with Crippen LogP contribution in [-0.4, -0.2) is 12.3 Å². The smallest absolute Gasteiger partial charge is 0.161 e. The van der Waals surface area contributed by atoms with Crippen molar-refractivity contribution in [2.24, 2.45) is 5.92 Å². The molecule has 2 atom stereocenters. The van der Waals surface area contributed by atoms with Gasteiger partial charge in [0, 0.05) is 0 Å². The van der Waals surface area contributed by atoms with E-state index in [0.717, 1.165) is 48.3 Å². The first-order valence-corrected chi connectivity index (χ1v) is 10.5. The maximum atomic E-state index is 14.8. The third kappa shape index (κ3) is 4.05. The fraction of sp³-hybridized carbons (Fsp3) is 0.385. The lowest BCUT2D eigenvalue weighted by molar-refractivity contribution is 0.242. The zero-order valence-electron chi connectivity index (χ0n) is 17.0. The average Bonchev–Trinajstić information content (AvgIpc) is 2.73. The van der Waals surface area contributed by atoms with E-state index in [9.17, 15) is 13.2 Å². The predicted octanol–water partition coefficient (Wildman–Crippen LogP) is 7.81. The van der Waals surface area contributed by atoms with Crippen LogP contribution in [0.15, 0.2) is 60.2 Å². The van der Waals surface area contributed by atoms with Gasteiger partial charge in [0.15, 0.2) is 12.3 Å². The maximum absolute atomic E-state index is 14.8. The normalized spacial score (nSPS) is 27.3. The molecule has 2 unspecified atom stereocenters. The molecule has 0 amide bonds. The lowest BCUT2D eigenvalue weighted by Crippen LogP contribution is -2.22. The topological polar surface area (TPSA) is 0 Å². The molecular weight excluding hydrogens is 369 g/mol. The summed E-state index contributed by atoms with van der Waals surface area (Å²) in [6.45, 7) is 3.86. The predicted molar refractivity (Wildman–Crippen MR) is 114 cm³/mol. The highest BCUT2D eigenvalue weighted by atomic mass is 19.2. The van der Waals surface area contributed by atoms with Crippen molar-refractivity contribution in [3.05, 3.63) is 77.1 Å². The third-order valence-corrected chi connectivity index (χ3v) is 6.52. The molecule has 0 saturated heterocycles. The lowest BCUT2D eigenvalue weighted by atomic mass is 9.79. The van der Waals surface area contributed by atoms with Crippen molar-refractivity contribution in [2.75, 3.05) is 0 Å². The largest absolute Gasteiger partial charge is 0.239 e. The second-order valence-electron chi connectivity index (χ2n) is 8.61. The first-order chi connectivity index (χ1) is 13.9. The summed E-state index contributed by atoms with van der Waals surface area (Å²) >= 11 is 0. The van der Waals surface area contributed by atoms with Crippen LogP contribution in [0.25, 0.3) is 16.7 Å². The van der Waals surface area contributed by atoms with E-state index in [1.54, 1.807) is 37.3 Å². The Labute approximate surface area is 171 Å². The molecule has 1 fully saturated rings. The van der Waals surface area contributed by atoms with E-state index >= 15 is 0 Å². The zero-order chi connectivity index (χ0) is 20.5. The minimum absolute atomic E-state index is 0.147. The van der Waals surface area contributed by atoms with E-state index in [0.29, 0.717) is 22.6 Å². The number of benzene rings is 2. The van der Waals surface area contributed by atoms with E-state index < -0.39 is 12.3 Å². The van der Waals surface area contributed by atoms with Crippen LogP contribution in [0.4, 0.5) is 13.2 Å². The van der Waals surface area contributed by atoms with Crippen molar-refractivity contribution in [2.45, 2.75) is 57.8 Å². The van der Waals surface area contributed by atoms with E-state index in [-0.39, 0.29) is 5.82 Å². The maximum Gasteiger partial charge on any atom is 0.161 e. The molecule has 0 aliphatic heterocycles. The summed E-state index contributed by atoms with van der Waals surface area (Å²) in [5.74, 6) is 0.903. The molecule has 0 heterocycles. The number of halogens is 3. The lowest BCUT2D eigenvalue weighted by Gasteiger charge is -2.27. The molecule has 2 aromatic rings. The van der Waals surface area contributed by atoms with E-state index in [2.05, 4.69) is 6.92 Å². The van der Waals surface area contributed by atoms with Crippen LogP contribution in [-0.2, 0) is 0 Å². The second kappa shape index (κ2) is 8.22. The van der Waals surface area contributed by atoms with Crippen LogP contribution in [0.5, 0.6) is 0 Å². The van der Waals surface area contributed by atoms with Gasteiger partial charge in [-0.25, -0.2) is 13.2 Å². The molecule has 29 heavy (non-hydrogen) atoms. The zero-order valence-corrected chi connectivity index (χ0v) is 17.0. The molecule has 152 valence electrons. The molecule has 4 rings (SSSR count). The summed E-state index contributed by atoms with van der Waals surface area (Å²) in [5, 5.41) is 0. The molecular formula is C26H27F3. The van der Waals surface area contributed by atoms with Gasteiger partial charge in [0.1, 0.15) is 5.82 Å². The Hall–Kier alpha value is -2.29. The van der Waals surface area contributed by atoms with Crippen molar-refractivity contribution in [1.29, 1.82) is 0 Å². The molecule has 0 nitrogen and oxygen atoms in total. The summed E-state index contributed by atoms with van der Waals surface area (Å²) in [5.41, 5.74) is 3.90. The van der Waals surface area contributed by atoms with Crippen molar-refractivity contribution in [1.82, 2.24) is 0 Å². The van der Waals surface area contributed by atoms with Gasteiger partial charge in [-0.15, -0.1) is 0 Å². The number of hydrogen-bond acceptors (Lipinski definition) is 0. The Bertz CT molecular complexity index is 931. The molecule has 3 heteroatoms. The van der Waals surface area contributed by atoms with Gasteiger partial charge < -0.3 is 0 Å². The van der Waals surface area contributed by atoms with Gasteiger partial charge in [-0.3, -0.25) is 0 Å². The van der Waals surface area contributed by atoms with E-state index in [1.165, 1.54) is 0 Å². The fourth-order valence-electron chi connectivity index (χ4n) is 4.51. The first kappa shape index (κ1) is 20.0. The standard InChI is InChI=1S/C26H27F3/c1-16-3-6-19(7-4-16)22-14-12-21(15-24(22)27)18-8-10-20(11-9-18)23-13-5-17(2)25(28)26(23)29/h5,8-16,19,25-26H,3-4,6-7H2,1-2H3. The van der Waals surface area contributed by atoms with Crippen LogP contribution in [0.2, 0.25) is 0 Å². The molecule has 2 aliphatic carbocycles. The number of rotatable bonds is 3. The highest BCUT2D eigenvalue weighted by molar-refractivity contribution is 5.75. The molecule has 2 aromatic carbocycles. The number of hydrogen-bond donors (Lipinski definition) is 0. The van der Waals surface area contributed by atoms with Crippen molar-refractivity contribution >= 4 is 5.57 Å². The molecule has 0 aromatic heterocycles. The SMILES string of the molecule is CC1=CC=C(c2ccc(-c3ccc(C4CCC(C)CC4)c(F)c3)cc2)C(F)C1F. The Morgan fingerprint density at radius 2 is 1.38 bits per heavy atom. The Balaban J connectivity index is 1.54. The van der Waals surface area contributed by atoms with Crippen LogP contribution >= 0.6 is 0 Å². The summed E-state index contributed by atoms with van der Waals surface area (Å²) < 4.78 is 43.2. The minimum Gasteiger partial charge on any atom is -0.239 e. The minimum atomic E-state index is -1.65. The van der Waals surface area contributed by atoms with Crippen LogP contribution in [0.1, 0.15) is 56.6 Å². The third-order valence-electron chi connectivity index (χ3n) is 6.52. The summed E-state index contributed by atoms with van der Waals surface area (Å²) in [4.78, 5) is 0. The van der Waals surface area contributed by atoms with Crippen LogP contribution < -0.4 is 0 Å². The summed E-state index contributed by atoms with van der Waals surface area (Å²) in [6, 6.07) is 12.7. The van der Waals surface area contributed by atoms with Crippen molar-refractivity contribution in [3.63, 3.8) is 0 Å². The van der Waals surface area contributed by atoms with Crippen LogP contribution in [0, 0.1) is 11.7 Å². The average molecular weight is 396 g/mol. The van der Waals surface area contributed by atoms with Crippen LogP contribution in [0.3, 0.4) is 0 Å². The van der Waals surface area contributed by atoms with Gasteiger partial charge in [0.2, 0.25) is 0 Å². The molecule has 0 bridgehead atoms. The molecule has 0 spiro atoms. The van der Waals surface area contributed by atoms with E-state index in [4.69, 9.17) is 0 Å². The Morgan fingerprint density at radius 1 is 0.759 bits per heavy atom. The van der Waals surface area contributed by atoms with Gasteiger partial charge in [-0.05, 0) is 71.1 Å². The van der Waals surface area contributed by atoms with Gasteiger partial charge in [0.25, 0.3) is 0 Å². The summed E-state index contributed by atoms with van der Waals surface area (Å²) in [6.07, 6.45) is 4.44. The number of alkyl halides is 2. The van der Waals surface area contributed by atoms with E-state index in [1.807, 2.05) is 24.3 Å². The highest BCUT2D eigenvalue weighted by Crippen LogP contribution is 2.38.